The molecular formula is C19H22F5N3O2S. The summed E-state index contributed by atoms with van der Waals surface area (Å²) in [5.41, 5.74) is -0.798. The van der Waals surface area contributed by atoms with Crippen molar-refractivity contribution in [3.63, 3.8) is 0 Å². The van der Waals surface area contributed by atoms with Crippen molar-refractivity contribution in [2.24, 2.45) is 0 Å². The molecule has 11 heteroatoms. The van der Waals surface area contributed by atoms with Crippen LogP contribution in [0.2, 0.25) is 0 Å². The number of thiophene rings is 1. The van der Waals surface area contributed by atoms with E-state index in [1.54, 1.807) is 25.7 Å². The largest absolute Gasteiger partial charge is 0.444 e. The molecule has 0 bridgehead atoms. The number of alkyl halides is 5. The van der Waals surface area contributed by atoms with E-state index in [1.807, 2.05) is 0 Å². The van der Waals surface area contributed by atoms with Gasteiger partial charge in [0.2, 0.25) is 0 Å². The molecule has 5 nitrogen and oxygen atoms in total. The van der Waals surface area contributed by atoms with Crippen LogP contribution in [0.5, 0.6) is 0 Å². The zero-order valence-electron chi connectivity index (χ0n) is 16.7. The maximum absolute atomic E-state index is 13.7. The van der Waals surface area contributed by atoms with Crippen LogP contribution in [0, 0.1) is 0 Å². The van der Waals surface area contributed by atoms with Gasteiger partial charge in [-0.3, -0.25) is 0 Å². The predicted octanol–water partition coefficient (Wildman–Crippen LogP) is 5.40. The number of pyridine rings is 1. The Morgan fingerprint density at radius 1 is 1.20 bits per heavy atom. The molecule has 2 aromatic rings. The second-order valence-corrected chi connectivity index (χ2v) is 9.16. The molecule has 2 aromatic heterocycles. The van der Waals surface area contributed by atoms with Crippen LogP contribution in [0.25, 0.3) is 10.2 Å². The van der Waals surface area contributed by atoms with Crippen LogP contribution < -0.4 is 4.90 Å². The zero-order valence-corrected chi connectivity index (χ0v) is 17.5. The fourth-order valence-corrected chi connectivity index (χ4v) is 4.31. The molecule has 166 valence electrons. The minimum absolute atomic E-state index is 0.0186. The van der Waals surface area contributed by atoms with E-state index in [9.17, 15) is 26.7 Å². The minimum atomic E-state index is -4.40. The van der Waals surface area contributed by atoms with E-state index >= 15 is 0 Å². The van der Waals surface area contributed by atoms with Crippen LogP contribution in [-0.4, -0.2) is 53.9 Å². The van der Waals surface area contributed by atoms with Gasteiger partial charge in [-0.25, -0.2) is 18.6 Å². The number of hydrogen-bond donors (Lipinski definition) is 0. The molecule has 3 rings (SSSR count). The lowest BCUT2D eigenvalue weighted by Crippen LogP contribution is -2.50. The van der Waals surface area contributed by atoms with E-state index in [1.165, 1.54) is 11.0 Å². The van der Waals surface area contributed by atoms with Crippen molar-refractivity contribution in [2.45, 2.75) is 45.4 Å². The molecule has 0 spiro atoms. The molecule has 0 aliphatic carbocycles. The lowest BCUT2D eigenvalue weighted by molar-refractivity contribution is -0.126. The summed E-state index contributed by atoms with van der Waals surface area (Å²) < 4.78 is 71.0. The molecule has 0 saturated carbocycles. The summed E-state index contributed by atoms with van der Waals surface area (Å²) in [6.07, 6.45) is -7.82. The number of amides is 1. The fraction of sp³-hybridized carbons (Fsp3) is 0.579. The number of hydrogen-bond acceptors (Lipinski definition) is 5. The molecule has 0 unspecified atom stereocenters. The van der Waals surface area contributed by atoms with Gasteiger partial charge < -0.3 is 14.5 Å². The first-order valence-corrected chi connectivity index (χ1v) is 10.1. The first kappa shape index (κ1) is 22.5. The summed E-state index contributed by atoms with van der Waals surface area (Å²) in [6, 6.07) is 1.29. The topological polar surface area (TPSA) is 45.7 Å². The number of rotatable bonds is 3. The number of aromatic nitrogens is 1. The molecule has 0 aromatic carbocycles. The van der Waals surface area contributed by atoms with Crippen LogP contribution in [0.15, 0.2) is 12.3 Å². The molecule has 1 amide bonds. The van der Waals surface area contributed by atoms with Crippen molar-refractivity contribution >= 4 is 33.3 Å². The van der Waals surface area contributed by atoms with E-state index in [4.69, 9.17) is 4.74 Å². The number of nitrogens with zero attached hydrogens (tertiary/aromatic N) is 3. The third kappa shape index (κ3) is 5.30. The van der Waals surface area contributed by atoms with Crippen LogP contribution in [-0.2, 0) is 11.2 Å². The fourth-order valence-electron chi connectivity index (χ4n) is 3.28. The Morgan fingerprint density at radius 3 is 2.37 bits per heavy atom. The Labute approximate surface area is 174 Å². The number of halogens is 5. The lowest BCUT2D eigenvalue weighted by Gasteiger charge is -2.37. The van der Waals surface area contributed by atoms with Crippen LogP contribution in [0.3, 0.4) is 0 Å². The molecule has 30 heavy (non-hydrogen) atoms. The SMILES string of the molecule is CC(C)(C)OC(=O)N1CCN(c2c(C(F)F)cnc3sc(CC(F)(F)F)cc23)CC1. The van der Waals surface area contributed by atoms with E-state index in [0.29, 0.717) is 0 Å². The number of ether oxygens (including phenoxy) is 1. The van der Waals surface area contributed by atoms with Gasteiger partial charge in [-0.15, -0.1) is 11.3 Å². The zero-order chi connectivity index (χ0) is 22.3. The highest BCUT2D eigenvalue weighted by atomic mass is 32.1. The Hall–Kier alpha value is -2.17. The second kappa shape index (κ2) is 8.16. The van der Waals surface area contributed by atoms with Crippen LogP contribution in [0.1, 0.15) is 37.6 Å². The van der Waals surface area contributed by atoms with Gasteiger partial charge in [-0.05, 0) is 26.8 Å². The highest BCUT2D eigenvalue weighted by molar-refractivity contribution is 7.18. The quantitative estimate of drug-likeness (QED) is 0.587. The van der Waals surface area contributed by atoms with E-state index < -0.39 is 30.7 Å². The molecule has 3 heterocycles. The number of anilines is 1. The van der Waals surface area contributed by atoms with E-state index in [2.05, 4.69) is 4.98 Å². The van der Waals surface area contributed by atoms with Gasteiger partial charge in [0.25, 0.3) is 6.43 Å². The summed E-state index contributed by atoms with van der Waals surface area (Å²) in [6.45, 7) is 6.25. The molecule has 0 radical (unpaired) electrons. The monoisotopic (exact) mass is 451 g/mol. The standard InChI is InChI=1S/C19H22F5N3O2S/c1-18(2,3)29-17(28)27-6-4-26(5-7-27)14-12-8-11(9-19(22,23)24)30-16(12)25-10-13(14)15(20)21/h8,10,15H,4-7,9H2,1-3H3. The van der Waals surface area contributed by atoms with Crippen LogP contribution in [0.4, 0.5) is 32.4 Å². The Bertz CT molecular complexity index is 915. The summed E-state index contributed by atoms with van der Waals surface area (Å²) >= 11 is 0.847. The maximum Gasteiger partial charge on any atom is 0.410 e. The van der Waals surface area contributed by atoms with Gasteiger partial charge >= 0.3 is 12.3 Å². The highest BCUT2D eigenvalue weighted by Crippen LogP contribution is 2.40. The summed E-state index contributed by atoms with van der Waals surface area (Å²) in [5, 5.41) is 0.280. The van der Waals surface area contributed by atoms with E-state index in [-0.39, 0.29) is 52.5 Å². The molecule has 1 aliphatic rings. The first-order chi connectivity index (χ1) is 13.8. The number of carbonyl (C=O) groups excluding carboxylic acids is 1. The van der Waals surface area contributed by atoms with Crippen molar-refractivity contribution in [3.8, 4) is 0 Å². The van der Waals surface area contributed by atoms with Gasteiger partial charge in [-0.1, -0.05) is 0 Å². The predicted molar refractivity (Wildman–Crippen MR) is 104 cm³/mol. The van der Waals surface area contributed by atoms with Crippen LogP contribution >= 0.6 is 11.3 Å². The average Bonchev–Trinajstić information content (AvgIpc) is 2.99. The average molecular weight is 451 g/mol. The van der Waals surface area contributed by atoms with Crippen molar-refractivity contribution in [2.75, 3.05) is 31.1 Å². The van der Waals surface area contributed by atoms with Gasteiger partial charge in [-0.2, -0.15) is 13.2 Å². The molecular weight excluding hydrogens is 429 g/mol. The van der Waals surface area contributed by atoms with Gasteiger partial charge in [0.15, 0.2) is 0 Å². The molecule has 0 atom stereocenters. The minimum Gasteiger partial charge on any atom is -0.444 e. The van der Waals surface area contributed by atoms with E-state index in [0.717, 1.165) is 17.5 Å². The first-order valence-electron chi connectivity index (χ1n) is 9.33. The van der Waals surface area contributed by atoms with Gasteiger partial charge in [0.1, 0.15) is 10.4 Å². The number of carbonyl (C=O) groups is 1. The van der Waals surface area contributed by atoms with Crippen molar-refractivity contribution < 1.29 is 31.5 Å². The van der Waals surface area contributed by atoms with Gasteiger partial charge in [0.05, 0.1) is 17.7 Å². The second-order valence-electron chi connectivity index (χ2n) is 8.04. The Morgan fingerprint density at radius 2 is 1.83 bits per heavy atom. The maximum atomic E-state index is 13.7. The van der Waals surface area contributed by atoms with Crippen molar-refractivity contribution in [3.05, 3.63) is 22.7 Å². The third-order valence-electron chi connectivity index (χ3n) is 4.47. The summed E-state index contributed by atoms with van der Waals surface area (Å²) in [5.74, 6) is 0. The highest BCUT2D eigenvalue weighted by Gasteiger charge is 2.32. The van der Waals surface area contributed by atoms with Crippen molar-refractivity contribution in [1.82, 2.24) is 9.88 Å². The normalized spacial score (nSPS) is 15.9. The molecule has 1 saturated heterocycles. The number of piperazine rings is 1. The molecule has 1 aliphatic heterocycles. The number of fused-ring (bicyclic) bond motifs is 1. The van der Waals surface area contributed by atoms with Crippen molar-refractivity contribution in [1.29, 1.82) is 0 Å². The smallest absolute Gasteiger partial charge is 0.410 e. The van der Waals surface area contributed by atoms with Gasteiger partial charge in [0, 0.05) is 42.6 Å². The summed E-state index contributed by atoms with van der Waals surface area (Å²) in [4.78, 5) is 19.7. The summed E-state index contributed by atoms with van der Waals surface area (Å²) in [7, 11) is 0. The lowest BCUT2D eigenvalue weighted by atomic mass is 10.1. The molecule has 1 fully saturated rings. The Kier molecular flexibility index (Phi) is 6.13. The molecule has 0 N–H and O–H groups in total. The Balaban J connectivity index is 1.87. The third-order valence-corrected chi connectivity index (χ3v) is 5.51.